The van der Waals surface area contributed by atoms with Gasteiger partial charge in [-0.05, 0) is 32.4 Å². The van der Waals surface area contributed by atoms with E-state index in [9.17, 15) is 14.9 Å². The van der Waals surface area contributed by atoms with E-state index in [1.54, 1.807) is 12.1 Å². The molecule has 0 aliphatic carbocycles. The smallest absolute Gasteiger partial charge is 0.269 e. The molecule has 0 atom stereocenters. The van der Waals surface area contributed by atoms with Gasteiger partial charge < -0.3 is 16.4 Å². The summed E-state index contributed by atoms with van der Waals surface area (Å²) < 4.78 is 0. The number of halogens is 1. The van der Waals surface area contributed by atoms with Gasteiger partial charge in [-0.25, -0.2) is 0 Å². The zero-order chi connectivity index (χ0) is 15.9. The normalized spacial score (nSPS) is 10.5. The van der Waals surface area contributed by atoms with Crippen molar-refractivity contribution in [1.29, 1.82) is 0 Å². The van der Waals surface area contributed by atoms with Crippen LogP contribution in [0.4, 0.5) is 11.4 Å². The van der Waals surface area contributed by atoms with Gasteiger partial charge in [0, 0.05) is 42.9 Å². The molecule has 0 aliphatic heterocycles. The monoisotopic (exact) mass is 330 g/mol. The Morgan fingerprint density at radius 2 is 1.91 bits per heavy atom. The van der Waals surface area contributed by atoms with Crippen molar-refractivity contribution in [3.8, 4) is 0 Å². The molecule has 0 fully saturated rings. The third-order valence-electron chi connectivity index (χ3n) is 2.98. The van der Waals surface area contributed by atoms with Crippen LogP contribution in [-0.4, -0.2) is 29.5 Å². The van der Waals surface area contributed by atoms with Crippen LogP contribution < -0.4 is 16.4 Å². The van der Waals surface area contributed by atoms with Gasteiger partial charge in [0.25, 0.3) is 5.69 Å². The number of hydrogen-bond acceptors (Lipinski definition) is 5. The van der Waals surface area contributed by atoms with Gasteiger partial charge in [-0.1, -0.05) is 0 Å². The molecule has 0 aliphatic rings. The summed E-state index contributed by atoms with van der Waals surface area (Å²) in [5.41, 5.74) is 6.01. The summed E-state index contributed by atoms with van der Waals surface area (Å²) in [6, 6.07) is 6.18. The first-order valence-corrected chi connectivity index (χ1v) is 6.83. The lowest BCUT2D eigenvalue weighted by Gasteiger charge is -2.24. The molecule has 8 heteroatoms. The van der Waals surface area contributed by atoms with Gasteiger partial charge in [0.2, 0.25) is 5.91 Å². The average molecular weight is 331 g/mol. The summed E-state index contributed by atoms with van der Waals surface area (Å²) in [6.45, 7) is 4.76. The number of benzene rings is 1. The molecule has 0 radical (unpaired) electrons. The summed E-state index contributed by atoms with van der Waals surface area (Å²) in [5, 5.41) is 16.5. The van der Waals surface area contributed by atoms with Crippen LogP contribution in [0.1, 0.15) is 26.7 Å². The predicted octanol–water partition coefficient (Wildman–Crippen LogP) is 2.06. The van der Waals surface area contributed by atoms with E-state index in [2.05, 4.69) is 10.6 Å². The molecule has 0 bridgehead atoms. The minimum Gasteiger partial charge on any atom is -0.385 e. The molecule has 1 rings (SSSR count). The molecule has 1 amide bonds. The van der Waals surface area contributed by atoms with E-state index >= 15 is 0 Å². The fraction of sp³-hybridized carbons (Fsp3) is 0.500. The number of nitrogens with one attached hydrogen (secondary N) is 2. The molecule has 1 aromatic rings. The number of hydrogen-bond donors (Lipinski definition) is 3. The highest BCUT2D eigenvalue weighted by Gasteiger charge is 2.17. The highest BCUT2D eigenvalue weighted by atomic mass is 35.5. The van der Waals surface area contributed by atoms with E-state index in [-0.39, 0.29) is 29.5 Å². The maximum atomic E-state index is 11.7. The molecule has 124 valence electrons. The Morgan fingerprint density at radius 1 is 1.32 bits per heavy atom. The molecule has 0 saturated heterocycles. The fourth-order valence-corrected chi connectivity index (χ4v) is 1.67. The first-order chi connectivity index (χ1) is 9.84. The van der Waals surface area contributed by atoms with Crippen molar-refractivity contribution in [3.63, 3.8) is 0 Å². The van der Waals surface area contributed by atoms with Crippen LogP contribution in [0.5, 0.6) is 0 Å². The van der Waals surface area contributed by atoms with Crippen LogP contribution in [-0.2, 0) is 4.79 Å². The third-order valence-corrected chi connectivity index (χ3v) is 2.98. The van der Waals surface area contributed by atoms with Gasteiger partial charge in [0.05, 0.1) is 4.92 Å². The van der Waals surface area contributed by atoms with E-state index in [0.29, 0.717) is 25.9 Å². The number of carbonyl (C=O) groups excluding carboxylic acids is 1. The zero-order valence-electron chi connectivity index (χ0n) is 12.8. The first-order valence-electron chi connectivity index (χ1n) is 6.83. The second-order valence-electron chi connectivity index (χ2n) is 5.47. The van der Waals surface area contributed by atoms with Crippen molar-refractivity contribution in [2.24, 2.45) is 5.73 Å². The molecule has 0 saturated carbocycles. The third kappa shape index (κ3) is 7.24. The van der Waals surface area contributed by atoms with Crippen molar-refractivity contribution in [1.82, 2.24) is 5.32 Å². The Kier molecular flexibility index (Phi) is 8.44. The number of nitro benzene ring substituents is 1. The Bertz CT molecular complexity index is 491. The minimum atomic E-state index is -0.437. The number of anilines is 1. The van der Waals surface area contributed by atoms with Crippen molar-refractivity contribution in [2.75, 3.05) is 18.4 Å². The van der Waals surface area contributed by atoms with E-state index in [1.807, 2.05) is 13.8 Å². The van der Waals surface area contributed by atoms with E-state index < -0.39 is 4.92 Å². The first kappa shape index (κ1) is 20.1. The maximum Gasteiger partial charge on any atom is 0.269 e. The molecular weight excluding hydrogens is 308 g/mol. The summed E-state index contributed by atoms with van der Waals surface area (Å²) in [4.78, 5) is 21.8. The summed E-state index contributed by atoms with van der Waals surface area (Å²) in [5.74, 6) is -0.0315. The largest absolute Gasteiger partial charge is 0.385 e. The zero-order valence-corrected chi connectivity index (χ0v) is 13.6. The van der Waals surface area contributed by atoms with Crippen LogP contribution >= 0.6 is 12.4 Å². The van der Waals surface area contributed by atoms with Crippen LogP contribution in [0.2, 0.25) is 0 Å². The van der Waals surface area contributed by atoms with Crippen LogP contribution in [0.25, 0.3) is 0 Å². The molecule has 1 aromatic carbocycles. The Labute approximate surface area is 136 Å². The maximum absolute atomic E-state index is 11.7. The Hall–Kier alpha value is -1.86. The number of nitrogens with two attached hydrogens (primary N) is 1. The van der Waals surface area contributed by atoms with E-state index in [4.69, 9.17) is 5.73 Å². The minimum absolute atomic E-state index is 0. The lowest BCUT2D eigenvalue weighted by atomic mass is 10.1. The number of carbonyl (C=O) groups is 1. The van der Waals surface area contributed by atoms with Gasteiger partial charge in [-0.3, -0.25) is 14.9 Å². The molecule has 0 heterocycles. The lowest BCUT2D eigenvalue weighted by Crippen LogP contribution is -2.48. The number of nitro groups is 1. The van der Waals surface area contributed by atoms with Gasteiger partial charge >= 0.3 is 0 Å². The Balaban J connectivity index is 0.00000441. The number of amides is 1. The van der Waals surface area contributed by atoms with Crippen molar-refractivity contribution in [2.45, 2.75) is 32.2 Å². The molecule has 0 aromatic heterocycles. The Morgan fingerprint density at radius 3 is 2.41 bits per heavy atom. The molecule has 0 spiro atoms. The van der Waals surface area contributed by atoms with Gasteiger partial charge in [0.15, 0.2) is 0 Å². The topological polar surface area (TPSA) is 110 Å². The van der Waals surface area contributed by atoms with E-state index in [1.165, 1.54) is 12.1 Å². The summed E-state index contributed by atoms with van der Waals surface area (Å²) >= 11 is 0. The van der Waals surface area contributed by atoms with Crippen molar-refractivity contribution in [3.05, 3.63) is 34.4 Å². The molecule has 22 heavy (non-hydrogen) atoms. The fourth-order valence-electron chi connectivity index (χ4n) is 1.67. The van der Waals surface area contributed by atoms with Crippen LogP contribution in [0.15, 0.2) is 24.3 Å². The number of rotatable bonds is 8. The lowest BCUT2D eigenvalue weighted by molar-refractivity contribution is -0.384. The second kappa shape index (κ2) is 9.22. The molecule has 7 nitrogen and oxygen atoms in total. The SMILES string of the molecule is CC(C)(CN)NC(=O)CCCNc1ccc([N+](=O)[O-])cc1.Cl. The molecule has 4 N–H and O–H groups in total. The summed E-state index contributed by atoms with van der Waals surface area (Å²) in [6.07, 6.45) is 1.08. The van der Waals surface area contributed by atoms with Crippen LogP contribution in [0, 0.1) is 10.1 Å². The highest BCUT2D eigenvalue weighted by molar-refractivity contribution is 5.85. The quantitative estimate of drug-likeness (QED) is 0.384. The molecule has 0 unspecified atom stereocenters. The molecular formula is C14H23ClN4O3. The number of nitrogens with zero attached hydrogens (tertiary/aromatic N) is 1. The highest BCUT2D eigenvalue weighted by Crippen LogP contribution is 2.15. The number of non-ortho nitro benzene ring substituents is 1. The van der Waals surface area contributed by atoms with Crippen LogP contribution in [0.3, 0.4) is 0 Å². The van der Waals surface area contributed by atoms with E-state index in [0.717, 1.165) is 5.69 Å². The van der Waals surface area contributed by atoms with Gasteiger partial charge in [0.1, 0.15) is 0 Å². The average Bonchev–Trinajstić information content (AvgIpc) is 2.43. The second-order valence-corrected chi connectivity index (χ2v) is 5.47. The predicted molar refractivity (Wildman–Crippen MR) is 89.3 cm³/mol. The van der Waals surface area contributed by atoms with Gasteiger partial charge in [-0.15, -0.1) is 12.4 Å². The summed E-state index contributed by atoms with van der Waals surface area (Å²) in [7, 11) is 0. The van der Waals surface area contributed by atoms with Crippen molar-refractivity contribution >= 4 is 29.7 Å². The van der Waals surface area contributed by atoms with Crippen molar-refractivity contribution < 1.29 is 9.72 Å². The van der Waals surface area contributed by atoms with Gasteiger partial charge in [-0.2, -0.15) is 0 Å². The standard InChI is InChI=1S/C14H22N4O3.ClH/c1-14(2,10-15)17-13(19)4-3-9-16-11-5-7-12(8-6-11)18(20)21;/h5-8,16H,3-4,9-10,15H2,1-2H3,(H,17,19);1H.